The third-order valence-electron chi connectivity index (χ3n) is 3.35. The molecule has 2 aromatic carbocycles. The van der Waals surface area contributed by atoms with Crippen molar-refractivity contribution in [2.45, 2.75) is 0 Å². The third-order valence-corrected chi connectivity index (χ3v) is 5.15. The van der Waals surface area contributed by atoms with E-state index in [-0.39, 0.29) is 5.82 Å². The van der Waals surface area contributed by atoms with Crippen LogP contribution in [-0.4, -0.2) is 22.3 Å². The fraction of sp³-hybridized carbons (Fsp3) is 0.0625. The minimum atomic E-state index is -0.315. The third kappa shape index (κ3) is 2.70. The highest BCUT2D eigenvalue weighted by atomic mass is 32.1. The molecule has 0 radical (unpaired) electrons. The average Bonchev–Trinajstić information content (AvgIpc) is 3.21. The average molecular weight is 358 g/mol. The molecule has 0 amide bonds. The normalized spacial score (nSPS) is 10.9. The van der Waals surface area contributed by atoms with Crippen LogP contribution in [0.1, 0.15) is 0 Å². The highest BCUT2D eigenvalue weighted by Crippen LogP contribution is 2.35. The van der Waals surface area contributed by atoms with Crippen molar-refractivity contribution in [3.05, 3.63) is 48.3 Å². The maximum Gasteiger partial charge on any atom is 0.212 e. The van der Waals surface area contributed by atoms with Gasteiger partial charge < -0.3 is 10.1 Å². The molecule has 0 saturated carbocycles. The van der Waals surface area contributed by atoms with Gasteiger partial charge in [-0.3, -0.25) is 0 Å². The number of nitrogens with zero attached hydrogens (tertiary/aromatic N) is 3. The Morgan fingerprint density at radius 1 is 1.00 bits per heavy atom. The summed E-state index contributed by atoms with van der Waals surface area (Å²) in [6, 6.07) is 12.3. The maximum atomic E-state index is 13.8. The van der Waals surface area contributed by atoms with Gasteiger partial charge in [0.2, 0.25) is 5.13 Å². The number of aromatic nitrogens is 3. The molecule has 0 atom stereocenters. The van der Waals surface area contributed by atoms with Gasteiger partial charge in [0.15, 0.2) is 10.1 Å². The lowest BCUT2D eigenvalue weighted by molar-refractivity contribution is 0.419. The number of halogens is 1. The molecule has 0 fully saturated rings. The van der Waals surface area contributed by atoms with Crippen LogP contribution in [0, 0.1) is 5.82 Å². The van der Waals surface area contributed by atoms with Gasteiger partial charge in [0.25, 0.3) is 0 Å². The van der Waals surface area contributed by atoms with Crippen LogP contribution in [0.5, 0.6) is 5.75 Å². The second-order valence-electron chi connectivity index (χ2n) is 4.84. The Bertz CT molecular complexity index is 1010. The molecular formula is C16H11FN4OS2. The summed E-state index contributed by atoms with van der Waals surface area (Å²) in [5.41, 5.74) is 1.24. The first-order valence-electron chi connectivity index (χ1n) is 7.03. The summed E-state index contributed by atoms with van der Waals surface area (Å²) in [4.78, 5) is 4.53. The fourth-order valence-electron chi connectivity index (χ4n) is 2.25. The van der Waals surface area contributed by atoms with E-state index in [2.05, 4.69) is 20.5 Å². The molecular weight excluding hydrogens is 347 g/mol. The van der Waals surface area contributed by atoms with Gasteiger partial charge in [-0.2, -0.15) is 0 Å². The number of fused-ring (bicyclic) bond motifs is 1. The van der Waals surface area contributed by atoms with Crippen LogP contribution in [0.15, 0.2) is 42.5 Å². The lowest BCUT2D eigenvalue weighted by atomic mass is 10.2. The molecule has 2 aromatic heterocycles. The molecule has 4 aromatic rings. The van der Waals surface area contributed by atoms with Crippen molar-refractivity contribution < 1.29 is 9.13 Å². The summed E-state index contributed by atoms with van der Waals surface area (Å²) in [6.45, 7) is 0. The highest BCUT2D eigenvalue weighted by Gasteiger charge is 2.13. The van der Waals surface area contributed by atoms with Gasteiger partial charge in [0, 0.05) is 5.56 Å². The summed E-state index contributed by atoms with van der Waals surface area (Å²) in [5, 5.41) is 13.0. The SMILES string of the molecule is COc1cccc2sc(Nc3nnc(-c4ccccc4F)s3)nc12. The first-order valence-corrected chi connectivity index (χ1v) is 8.67. The van der Waals surface area contributed by atoms with Gasteiger partial charge in [-0.15, -0.1) is 10.2 Å². The summed E-state index contributed by atoms with van der Waals surface area (Å²) < 4.78 is 20.2. The fourth-order valence-corrected chi connectivity index (χ4v) is 3.97. The van der Waals surface area contributed by atoms with E-state index in [0.29, 0.717) is 20.8 Å². The summed E-state index contributed by atoms with van der Waals surface area (Å²) in [5.74, 6) is 0.408. The van der Waals surface area contributed by atoms with E-state index >= 15 is 0 Å². The maximum absolute atomic E-state index is 13.8. The highest BCUT2D eigenvalue weighted by molar-refractivity contribution is 7.23. The lowest BCUT2D eigenvalue weighted by Gasteiger charge is -1.98. The Morgan fingerprint density at radius 2 is 1.88 bits per heavy atom. The molecule has 4 rings (SSSR count). The molecule has 0 spiro atoms. The van der Waals surface area contributed by atoms with E-state index in [1.165, 1.54) is 28.7 Å². The van der Waals surface area contributed by atoms with Crippen LogP contribution in [0.2, 0.25) is 0 Å². The van der Waals surface area contributed by atoms with E-state index in [1.807, 2.05) is 18.2 Å². The number of hydrogen-bond donors (Lipinski definition) is 1. The molecule has 0 bridgehead atoms. The molecule has 2 heterocycles. The van der Waals surface area contributed by atoms with E-state index < -0.39 is 0 Å². The molecule has 24 heavy (non-hydrogen) atoms. The van der Waals surface area contributed by atoms with Crippen LogP contribution in [0.3, 0.4) is 0 Å². The Hall–Kier alpha value is -2.58. The van der Waals surface area contributed by atoms with Gasteiger partial charge in [0.1, 0.15) is 17.1 Å². The molecule has 1 N–H and O–H groups in total. The Labute approximate surface area is 144 Å². The molecule has 0 saturated heterocycles. The van der Waals surface area contributed by atoms with Crippen molar-refractivity contribution in [1.82, 2.24) is 15.2 Å². The zero-order valence-corrected chi connectivity index (χ0v) is 14.1. The van der Waals surface area contributed by atoms with Crippen molar-refractivity contribution in [2.24, 2.45) is 0 Å². The van der Waals surface area contributed by atoms with Crippen molar-refractivity contribution in [1.29, 1.82) is 0 Å². The smallest absolute Gasteiger partial charge is 0.212 e. The monoisotopic (exact) mass is 358 g/mol. The van der Waals surface area contributed by atoms with Gasteiger partial charge in [0.05, 0.1) is 11.8 Å². The number of ether oxygens (including phenoxy) is 1. The number of rotatable bonds is 4. The summed E-state index contributed by atoms with van der Waals surface area (Å²) >= 11 is 2.77. The number of anilines is 2. The molecule has 8 heteroatoms. The second kappa shape index (κ2) is 6.14. The number of nitrogens with one attached hydrogen (secondary N) is 1. The largest absolute Gasteiger partial charge is 0.494 e. The van der Waals surface area contributed by atoms with Crippen LogP contribution >= 0.6 is 22.7 Å². The molecule has 0 unspecified atom stereocenters. The molecule has 0 aliphatic heterocycles. The van der Waals surface area contributed by atoms with Gasteiger partial charge in [-0.25, -0.2) is 9.37 Å². The number of hydrogen-bond acceptors (Lipinski definition) is 7. The quantitative estimate of drug-likeness (QED) is 0.573. The summed E-state index contributed by atoms with van der Waals surface area (Å²) in [6.07, 6.45) is 0. The van der Waals surface area contributed by atoms with E-state index in [4.69, 9.17) is 4.74 Å². The van der Waals surface area contributed by atoms with Gasteiger partial charge in [-0.1, -0.05) is 40.9 Å². The minimum Gasteiger partial charge on any atom is -0.494 e. The molecule has 120 valence electrons. The standard InChI is InChI=1S/C16H11FN4OS2/c1-22-11-7-4-8-12-13(11)18-15(23-12)19-16-21-20-14(24-16)9-5-2-3-6-10(9)17/h2-8H,1H3,(H,18,19,21). The van der Waals surface area contributed by atoms with Crippen molar-refractivity contribution in [3.63, 3.8) is 0 Å². The first-order chi connectivity index (χ1) is 11.7. The summed E-state index contributed by atoms with van der Waals surface area (Å²) in [7, 11) is 1.62. The van der Waals surface area contributed by atoms with E-state index in [0.717, 1.165) is 16.0 Å². The number of methoxy groups -OCH3 is 1. The van der Waals surface area contributed by atoms with Crippen LogP contribution in [-0.2, 0) is 0 Å². The van der Waals surface area contributed by atoms with Crippen LogP contribution in [0.25, 0.3) is 20.8 Å². The Kier molecular flexibility index (Phi) is 3.83. The number of para-hydroxylation sites is 1. The van der Waals surface area contributed by atoms with Crippen molar-refractivity contribution in [3.8, 4) is 16.3 Å². The molecule has 0 aliphatic rings. The topological polar surface area (TPSA) is 59.9 Å². The lowest BCUT2D eigenvalue weighted by Crippen LogP contribution is -1.88. The molecule has 5 nitrogen and oxygen atoms in total. The minimum absolute atomic E-state index is 0.315. The Morgan fingerprint density at radius 3 is 2.71 bits per heavy atom. The van der Waals surface area contributed by atoms with E-state index in [9.17, 15) is 4.39 Å². The van der Waals surface area contributed by atoms with Crippen molar-refractivity contribution >= 4 is 43.2 Å². The zero-order valence-electron chi connectivity index (χ0n) is 12.5. The van der Waals surface area contributed by atoms with Crippen molar-refractivity contribution in [2.75, 3.05) is 12.4 Å². The number of thiazole rings is 1. The van der Waals surface area contributed by atoms with Gasteiger partial charge >= 0.3 is 0 Å². The zero-order chi connectivity index (χ0) is 16.5. The molecule has 0 aliphatic carbocycles. The Balaban J connectivity index is 1.64. The van der Waals surface area contributed by atoms with Crippen LogP contribution in [0.4, 0.5) is 14.7 Å². The first kappa shape index (κ1) is 15.0. The number of benzene rings is 2. The second-order valence-corrected chi connectivity index (χ2v) is 6.85. The van der Waals surface area contributed by atoms with Gasteiger partial charge in [-0.05, 0) is 24.3 Å². The predicted molar refractivity (Wildman–Crippen MR) is 94.8 cm³/mol. The van der Waals surface area contributed by atoms with E-state index in [1.54, 1.807) is 25.3 Å². The van der Waals surface area contributed by atoms with Crippen LogP contribution < -0.4 is 10.1 Å². The predicted octanol–water partition coefficient (Wildman–Crippen LogP) is 4.71.